The van der Waals surface area contributed by atoms with Crippen molar-refractivity contribution in [2.24, 2.45) is 5.92 Å². The minimum absolute atomic E-state index is 0.116. The summed E-state index contributed by atoms with van der Waals surface area (Å²) in [6.45, 7) is 5.35. The summed E-state index contributed by atoms with van der Waals surface area (Å²) < 4.78 is 0. The molecule has 0 aliphatic carbocycles. The molecular weight excluding hydrogens is 172 g/mol. The number of allylic oxidation sites excluding steroid dienone is 1. The second-order valence-electron chi connectivity index (χ2n) is 3.36. The molecule has 1 unspecified atom stereocenters. The number of benzene rings is 1. The van der Waals surface area contributed by atoms with Crippen LogP contribution in [0, 0.1) is 12.8 Å². The first-order valence-corrected chi connectivity index (χ1v) is 4.75. The summed E-state index contributed by atoms with van der Waals surface area (Å²) in [5.74, 6) is 0.0256. The summed E-state index contributed by atoms with van der Waals surface area (Å²) in [5.41, 5.74) is 1.16. The van der Waals surface area contributed by atoms with Gasteiger partial charge >= 0.3 is 0 Å². The van der Waals surface area contributed by atoms with Crippen molar-refractivity contribution in [3.05, 3.63) is 48.9 Å². The van der Waals surface area contributed by atoms with Gasteiger partial charge in [0.25, 0.3) is 0 Å². The topological polar surface area (TPSA) is 17.1 Å². The fraction of sp³-hybridized carbons (Fsp3) is 0.231. The maximum Gasteiger partial charge on any atom is 0.133 e. The van der Waals surface area contributed by atoms with Crippen LogP contribution in [0.1, 0.15) is 18.9 Å². The lowest BCUT2D eigenvalue weighted by atomic mass is 10.0. The summed E-state index contributed by atoms with van der Waals surface area (Å²) in [5, 5.41) is 0. The van der Waals surface area contributed by atoms with E-state index in [1.807, 2.05) is 42.5 Å². The molecule has 0 amide bonds. The van der Waals surface area contributed by atoms with Crippen LogP contribution in [0.5, 0.6) is 0 Å². The normalized spacial score (nSPS) is 13.0. The van der Waals surface area contributed by atoms with E-state index in [0.29, 0.717) is 6.42 Å². The predicted molar refractivity (Wildman–Crippen MR) is 59.6 cm³/mol. The van der Waals surface area contributed by atoms with Gasteiger partial charge in [0, 0.05) is 5.92 Å². The molecule has 1 rings (SSSR count). The zero-order valence-corrected chi connectivity index (χ0v) is 8.44. The SMILES string of the molecule is [CH2]C(C/C=C/c1ccccc1)C(C)=O. The Kier molecular flexibility index (Phi) is 4.11. The Balaban J connectivity index is 2.46. The zero-order valence-electron chi connectivity index (χ0n) is 8.44. The first-order chi connectivity index (χ1) is 6.70. The standard InChI is InChI=1S/C13H15O/c1-11(12(2)14)7-6-10-13-8-4-3-5-9-13/h3-6,8-11H,1,7H2,2H3/b10-6+. The van der Waals surface area contributed by atoms with Crippen molar-refractivity contribution in [2.45, 2.75) is 13.3 Å². The number of hydrogen-bond donors (Lipinski definition) is 0. The lowest BCUT2D eigenvalue weighted by Gasteiger charge is -2.01. The van der Waals surface area contributed by atoms with Gasteiger partial charge in [-0.1, -0.05) is 42.5 Å². The maximum absolute atomic E-state index is 10.9. The molecule has 0 saturated carbocycles. The zero-order chi connectivity index (χ0) is 10.4. The molecule has 1 nitrogen and oxygen atoms in total. The van der Waals surface area contributed by atoms with Gasteiger partial charge in [0.1, 0.15) is 5.78 Å². The van der Waals surface area contributed by atoms with Crippen LogP contribution in [0.25, 0.3) is 6.08 Å². The van der Waals surface area contributed by atoms with E-state index in [2.05, 4.69) is 6.92 Å². The highest BCUT2D eigenvalue weighted by molar-refractivity contribution is 5.79. The maximum atomic E-state index is 10.9. The predicted octanol–water partition coefficient (Wildman–Crippen LogP) is 3.13. The van der Waals surface area contributed by atoms with E-state index in [-0.39, 0.29) is 11.7 Å². The van der Waals surface area contributed by atoms with Crippen LogP contribution in [0.3, 0.4) is 0 Å². The first kappa shape index (κ1) is 10.7. The van der Waals surface area contributed by atoms with Crippen molar-refractivity contribution in [3.63, 3.8) is 0 Å². The average Bonchev–Trinajstić information content (AvgIpc) is 2.19. The van der Waals surface area contributed by atoms with Gasteiger partial charge in [0.2, 0.25) is 0 Å². The van der Waals surface area contributed by atoms with Gasteiger partial charge in [-0.3, -0.25) is 4.79 Å². The third-order valence-corrected chi connectivity index (χ3v) is 2.11. The lowest BCUT2D eigenvalue weighted by molar-refractivity contribution is -0.119. The molecule has 1 aromatic carbocycles. The molecule has 0 saturated heterocycles. The van der Waals surface area contributed by atoms with Gasteiger partial charge in [0.15, 0.2) is 0 Å². The van der Waals surface area contributed by atoms with Crippen molar-refractivity contribution < 1.29 is 4.79 Å². The van der Waals surface area contributed by atoms with Crippen LogP contribution in [0.4, 0.5) is 0 Å². The number of Topliss-reactive ketones (excluding diaryl/α,β-unsaturated/α-hetero) is 1. The Labute approximate surface area is 85.5 Å². The number of ketones is 1. The van der Waals surface area contributed by atoms with Crippen molar-refractivity contribution >= 4 is 11.9 Å². The van der Waals surface area contributed by atoms with Crippen LogP contribution < -0.4 is 0 Å². The fourth-order valence-corrected chi connectivity index (χ4v) is 1.10. The van der Waals surface area contributed by atoms with Crippen molar-refractivity contribution in [2.75, 3.05) is 0 Å². The van der Waals surface area contributed by atoms with Gasteiger partial charge in [-0.15, -0.1) is 0 Å². The molecule has 1 aromatic rings. The minimum Gasteiger partial charge on any atom is -0.300 e. The molecule has 1 radical (unpaired) electrons. The number of hydrogen-bond acceptors (Lipinski definition) is 1. The third-order valence-electron chi connectivity index (χ3n) is 2.11. The second kappa shape index (κ2) is 5.38. The van der Waals surface area contributed by atoms with Gasteiger partial charge in [0.05, 0.1) is 0 Å². The lowest BCUT2D eigenvalue weighted by Crippen LogP contribution is -2.04. The van der Waals surface area contributed by atoms with Crippen LogP contribution in [-0.4, -0.2) is 5.78 Å². The highest BCUT2D eigenvalue weighted by Gasteiger charge is 2.03. The number of carbonyl (C=O) groups is 1. The molecule has 0 bridgehead atoms. The Morgan fingerprint density at radius 1 is 1.43 bits per heavy atom. The van der Waals surface area contributed by atoms with Crippen molar-refractivity contribution in [1.29, 1.82) is 0 Å². The van der Waals surface area contributed by atoms with Crippen LogP contribution in [-0.2, 0) is 4.79 Å². The van der Waals surface area contributed by atoms with Crippen LogP contribution in [0.15, 0.2) is 36.4 Å². The molecule has 0 aliphatic rings. The van der Waals surface area contributed by atoms with E-state index in [9.17, 15) is 4.79 Å². The average molecular weight is 187 g/mol. The molecule has 0 aromatic heterocycles. The van der Waals surface area contributed by atoms with E-state index < -0.39 is 0 Å². The quantitative estimate of drug-likeness (QED) is 0.707. The monoisotopic (exact) mass is 187 g/mol. The number of rotatable bonds is 4. The van der Waals surface area contributed by atoms with E-state index in [4.69, 9.17) is 0 Å². The second-order valence-corrected chi connectivity index (χ2v) is 3.36. The molecule has 73 valence electrons. The van der Waals surface area contributed by atoms with Crippen molar-refractivity contribution in [3.8, 4) is 0 Å². The molecule has 0 heterocycles. The van der Waals surface area contributed by atoms with Gasteiger partial charge < -0.3 is 0 Å². The Morgan fingerprint density at radius 3 is 2.64 bits per heavy atom. The van der Waals surface area contributed by atoms with Crippen LogP contribution in [0.2, 0.25) is 0 Å². The van der Waals surface area contributed by atoms with Crippen molar-refractivity contribution in [1.82, 2.24) is 0 Å². The smallest absolute Gasteiger partial charge is 0.133 e. The Bertz CT molecular complexity index is 311. The fourth-order valence-electron chi connectivity index (χ4n) is 1.10. The van der Waals surface area contributed by atoms with Crippen LogP contribution >= 0.6 is 0 Å². The summed E-state index contributed by atoms with van der Waals surface area (Å²) in [4.78, 5) is 10.9. The van der Waals surface area contributed by atoms with Gasteiger partial charge in [-0.05, 0) is 25.8 Å². The molecule has 0 aliphatic heterocycles. The largest absolute Gasteiger partial charge is 0.300 e. The van der Waals surface area contributed by atoms with E-state index in [0.717, 1.165) is 5.56 Å². The van der Waals surface area contributed by atoms with Gasteiger partial charge in [-0.25, -0.2) is 0 Å². The minimum atomic E-state index is -0.116. The van der Waals surface area contributed by atoms with E-state index in [1.54, 1.807) is 6.92 Å². The first-order valence-electron chi connectivity index (χ1n) is 4.75. The molecule has 14 heavy (non-hydrogen) atoms. The highest BCUT2D eigenvalue weighted by atomic mass is 16.1. The highest BCUT2D eigenvalue weighted by Crippen LogP contribution is 2.07. The third kappa shape index (κ3) is 3.56. The molecular formula is C13H15O. The Morgan fingerprint density at radius 2 is 2.07 bits per heavy atom. The molecule has 0 spiro atoms. The summed E-state index contributed by atoms with van der Waals surface area (Å²) in [6, 6.07) is 10.0. The summed E-state index contributed by atoms with van der Waals surface area (Å²) in [7, 11) is 0. The molecule has 1 atom stereocenters. The Hall–Kier alpha value is -1.37. The molecule has 0 N–H and O–H groups in total. The molecule has 1 heteroatoms. The van der Waals surface area contributed by atoms with E-state index >= 15 is 0 Å². The number of carbonyl (C=O) groups excluding carboxylic acids is 1. The van der Waals surface area contributed by atoms with Gasteiger partial charge in [-0.2, -0.15) is 0 Å². The molecule has 0 fully saturated rings. The summed E-state index contributed by atoms with van der Waals surface area (Å²) >= 11 is 0. The van der Waals surface area contributed by atoms with E-state index in [1.165, 1.54) is 0 Å². The summed E-state index contributed by atoms with van der Waals surface area (Å²) in [6.07, 6.45) is 4.72.